The van der Waals surface area contributed by atoms with Crippen LogP contribution in [0.5, 0.6) is 0 Å². The summed E-state index contributed by atoms with van der Waals surface area (Å²) in [6.45, 7) is 1.61. The number of rotatable bonds is 4. The van der Waals surface area contributed by atoms with Gasteiger partial charge >= 0.3 is 0 Å². The molecule has 0 radical (unpaired) electrons. The molecule has 1 aliphatic heterocycles. The fourth-order valence-corrected chi connectivity index (χ4v) is 4.14. The van der Waals surface area contributed by atoms with Crippen molar-refractivity contribution < 1.29 is 18.6 Å². The van der Waals surface area contributed by atoms with E-state index in [9.17, 15) is 18.6 Å². The fraction of sp³-hybridized carbons (Fsp3) is 0.538. The number of hydrogen-bond donors (Lipinski definition) is 3. The van der Waals surface area contributed by atoms with Gasteiger partial charge in [0, 0.05) is 6.04 Å². The normalized spacial score (nSPS) is 29.0. The minimum absolute atomic E-state index is 0.101. The standard InChI is InChI=1S/C13H19NO4S/c1-13(9-15,10-5-3-2-4-6-10)14-11-7-19(17,18)8-12(11)16/h2-6,11-12,14-16H,7-9H2,1H3. The molecule has 2 rings (SSSR count). The Hall–Kier alpha value is -0.950. The molecule has 1 aliphatic rings. The first kappa shape index (κ1) is 14.5. The van der Waals surface area contributed by atoms with Crippen molar-refractivity contribution in [1.29, 1.82) is 0 Å². The highest BCUT2D eigenvalue weighted by Crippen LogP contribution is 2.23. The van der Waals surface area contributed by atoms with Crippen LogP contribution in [-0.4, -0.2) is 48.9 Å². The molecular weight excluding hydrogens is 266 g/mol. The molecule has 0 amide bonds. The van der Waals surface area contributed by atoms with E-state index < -0.39 is 27.5 Å². The number of hydrogen-bond acceptors (Lipinski definition) is 5. The summed E-state index contributed by atoms with van der Waals surface area (Å²) in [6.07, 6.45) is -0.931. The Labute approximate surface area is 113 Å². The topological polar surface area (TPSA) is 86.6 Å². The van der Waals surface area contributed by atoms with E-state index in [1.807, 2.05) is 30.3 Å². The van der Waals surface area contributed by atoms with Crippen molar-refractivity contribution in [3.8, 4) is 0 Å². The minimum atomic E-state index is -3.20. The van der Waals surface area contributed by atoms with Crippen molar-refractivity contribution in [1.82, 2.24) is 5.32 Å². The second-order valence-electron chi connectivity index (χ2n) is 5.25. The Morgan fingerprint density at radius 1 is 1.32 bits per heavy atom. The van der Waals surface area contributed by atoms with Crippen LogP contribution in [0.15, 0.2) is 30.3 Å². The van der Waals surface area contributed by atoms with Gasteiger partial charge in [0.25, 0.3) is 0 Å². The lowest BCUT2D eigenvalue weighted by Crippen LogP contribution is -2.52. The van der Waals surface area contributed by atoms with Gasteiger partial charge in [-0.15, -0.1) is 0 Å². The molecule has 106 valence electrons. The molecule has 6 heteroatoms. The second-order valence-corrected chi connectivity index (χ2v) is 7.41. The minimum Gasteiger partial charge on any atom is -0.394 e. The van der Waals surface area contributed by atoms with E-state index in [4.69, 9.17) is 0 Å². The summed E-state index contributed by atoms with van der Waals surface area (Å²) in [5, 5.41) is 22.5. The van der Waals surface area contributed by atoms with Crippen LogP contribution in [0.1, 0.15) is 12.5 Å². The van der Waals surface area contributed by atoms with Gasteiger partial charge in [0.2, 0.25) is 0 Å². The maximum Gasteiger partial charge on any atom is 0.154 e. The molecule has 1 heterocycles. The van der Waals surface area contributed by atoms with Gasteiger partial charge in [-0.25, -0.2) is 8.42 Å². The molecule has 1 saturated heterocycles. The first-order chi connectivity index (χ1) is 8.86. The van der Waals surface area contributed by atoms with Gasteiger partial charge < -0.3 is 10.2 Å². The van der Waals surface area contributed by atoms with Crippen LogP contribution >= 0.6 is 0 Å². The third-order valence-electron chi connectivity index (χ3n) is 3.55. The molecule has 0 aromatic heterocycles. The first-order valence-corrected chi connectivity index (χ1v) is 8.01. The monoisotopic (exact) mass is 285 g/mol. The van der Waals surface area contributed by atoms with E-state index in [2.05, 4.69) is 5.32 Å². The van der Waals surface area contributed by atoms with Gasteiger partial charge in [0.15, 0.2) is 9.84 Å². The zero-order chi connectivity index (χ0) is 14.1. The maximum absolute atomic E-state index is 11.5. The molecule has 3 unspecified atom stereocenters. The molecule has 0 spiro atoms. The summed E-state index contributed by atoms with van der Waals surface area (Å²) in [5.74, 6) is -0.322. The number of aliphatic hydroxyl groups is 2. The summed E-state index contributed by atoms with van der Waals surface area (Å²) in [4.78, 5) is 0. The van der Waals surface area contributed by atoms with Crippen molar-refractivity contribution >= 4 is 9.84 Å². The summed E-state index contributed by atoms with van der Waals surface area (Å²) in [6, 6.07) is 8.75. The molecule has 19 heavy (non-hydrogen) atoms. The van der Waals surface area contributed by atoms with Gasteiger partial charge in [-0.2, -0.15) is 0 Å². The zero-order valence-corrected chi connectivity index (χ0v) is 11.6. The van der Waals surface area contributed by atoms with Crippen molar-refractivity contribution in [3.05, 3.63) is 35.9 Å². The fourth-order valence-electron chi connectivity index (χ4n) is 2.40. The lowest BCUT2D eigenvalue weighted by atomic mass is 9.91. The smallest absolute Gasteiger partial charge is 0.154 e. The summed E-state index contributed by atoms with van der Waals surface area (Å²) in [7, 11) is -3.20. The van der Waals surface area contributed by atoms with Crippen LogP contribution in [-0.2, 0) is 15.4 Å². The lowest BCUT2D eigenvalue weighted by Gasteiger charge is -2.33. The van der Waals surface area contributed by atoms with Gasteiger partial charge in [-0.1, -0.05) is 30.3 Å². The Morgan fingerprint density at radius 2 is 1.95 bits per heavy atom. The average molecular weight is 285 g/mol. The number of benzene rings is 1. The Bertz CT molecular complexity index is 531. The molecule has 3 atom stereocenters. The third-order valence-corrected chi connectivity index (χ3v) is 5.27. The largest absolute Gasteiger partial charge is 0.394 e. The van der Waals surface area contributed by atoms with Gasteiger partial charge in [-0.05, 0) is 12.5 Å². The van der Waals surface area contributed by atoms with Gasteiger partial charge in [0.05, 0.1) is 29.8 Å². The third kappa shape index (κ3) is 3.14. The molecule has 0 bridgehead atoms. The first-order valence-electron chi connectivity index (χ1n) is 6.19. The van der Waals surface area contributed by atoms with Crippen LogP contribution in [0.25, 0.3) is 0 Å². The predicted octanol–water partition coefficient (Wildman–Crippen LogP) is -0.358. The maximum atomic E-state index is 11.5. The SMILES string of the molecule is CC(CO)(NC1CS(=O)(=O)CC1O)c1ccccc1. The Kier molecular flexibility index (Phi) is 3.96. The molecule has 0 aliphatic carbocycles. The van der Waals surface area contributed by atoms with E-state index in [1.165, 1.54) is 0 Å². The van der Waals surface area contributed by atoms with Crippen molar-refractivity contribution in [3.63, 3.8) is 0 Å². The van der Waals surface area contributed by atoms with Crippen LogP contribution in [0.4, 0.5) is 0 Å². The van der Waals surface area contributed by atoms with Crippen molar-refractivity contribution in [2.75, 3.05) is 18.1 Å². The highest BCUT2D eigenvalue weighted by Gasteiger charge is 2.40. The average Bonchev–Trinajstić information content (AvgIpc) is 2.63. The quantitative estimate of drug-likeness (QED) is 0.703. The van der Waals surface area contributed by atoms with E-state index in [1.54, 1.807) is 6.92 Å². The lowest BCUT2D eigenvalue weighted by molar-refractivity contribution is 0.112. The molecule has 0 saturated carbocycles. The number of nitrogens with one attached hydrogen (secondary N) is 1. The van der Waals surface area contributed by atoms with Crippen LogP contribution in [0, 0.1) is 0 Å². The molecule has 3 N–H and O–H groups in total. The van der Waals surface area contributed by atoms with Gasteiger partial charge in [0.1, 0.15) is 0 Å². The summed E-state index contributed by atoms with van der Waals surface area (Å²) < 4.78 is 23.0. The highest BCUT2D eigenvalue weighted by atomic mass is 32.2. The van der Waals surface area contributed by atoms with E-state index >= 15 is 0 Å². The van der Waals surface area contributed by atoms with Crippen LogP contribution in [0.3, 0.4) is 0 Å². The summed E-state index contributed by atoms with van der Waals surface area (Å²) >= 11 is 0. The molecule has 1 aromatic rings. The van der Waals surface area contributed by atoms with E-state index in [0.29, 0.717) is 0 Å². The van der Waals surface area contributed by atoms with Crippen LogP contribution < -0.4 is 5.32 Å². The number of aliphatic hydroxyl groups excluding tert-OH is 2. The molecule has 5 nitrogen and oxygen atoms in total. The highest BCUT2D eigenvalue weighted by molar-refractivity contribution is 7.91. The van der Waals surface area contributed by atoms with Crippen molar-refractivity contribution in [2.24, 2.45) is 0 Å². The van der Waals surface area contributed by atoms with E-state index in [0.717, 1.165) is 5.56 Å². The Morgan fingerprint density at radius 3 is 2.42 bits per heavy atom. The number of sulfone groups is 1. The van der Waals surface area contributed by atoms with Crippen molar-refractivity contribution in [2.45, 2.75) is 24.6 Å². The predicted molar refractivity (Wildman–Crippen MR) is 72.5 cm³/mol. The molecule has 1 aromatic carbocycles. The Balaban J connectivity index is 2.20. The molecule has 1 fully saturated rings. The zero-order valence-electron chi connectivity index (χ0n) is 10.8. The van der Waals surface area contributed by atoms with Crippen LogP contribution in [0.2, 0.25) is 0 Å². The molecular formula is C13H19NO4S. The second kappa shape index (κ2) is 5.20. The van der Waals surface area contributed by atoms with Gasteiger partial charge in [-0.3, -0.25) is 5.32 Å². The summed E-state index contributed by atoms with van der Waals surface area (Å²) in [5.41, 5.74) is 0.0845. The van der Waals surface area contributed by atoms with E-state index in [-0.39, 0.29) is 18.1 Å².